The molecule has 0 radical (unpaired) electrons. The number of nitrogens with one attached hydrogen (secondary N) is 2. The van der Waals surface area contributed by atoms with Crippen LogP contribution < -0.4 is 10.6 Å². The summed E-state index contributed by atoms with van der Waals surface area (Å²) in [6.07, 6.45) is 4.90. The van der Waals surface area contributed by atoms with Crippen molar-refractivity contribution >= 4 is 11.6 Å². The van der Waals surface area contributed by atoms with Crippen molar-refractivity contribution in [2.45, 2.75) is 64.4 Å². The average molecular weight is 292 g/mol. The molecule has 1 heterocycles. The van der Waals surface area contributed by atoms with Crippen LogP contribution in [0.5, 0.6) is 0 Å². The van der Waals surface area contributed by atoms with Crippen LogP contribution in [0.4, 0.5) is 11.6 Å². The minimum atomic E-state index is -0.665. The van der Waals surface area contributed by atoms with Crippen molar-refractivity contribution in [3.63, 3.8) is 0 Å². The third-order valence-corrected chi connectivity index (χ3v) is 4.16. The minimum absolute atomic E-state index is 0.519. The van der Waals surface area contributed by atoms with E-state index in [4.69, 9.17) is 0 Å². The quantitative estimate of drug-likeness (QED) is 0.652. The lowest BCUT2D eigenvalue weighted by Gasteiger charge is -2.25. The first-order valence-electron chi connectivity index (χ1n) is 8.19. The van der Waals surface area contributed by atoms with Gasteiger partial charge >= 0.3 is 0 Å². The van der Waals surface area contributed by atoms with Gasteiger partial charge in [0.25, 0.3) is 0 Å². The number of rotatable bonds is 9. The number of hydrogen-bond donors (Lipinski definition) is 3. The molecule has 1 aromatic rings. The van der Waals surface area contributed by atoms with E-state index in [0.717, 1.165) is 43.3 Å². The predicted molar refractivity (Wildman–Crippen MR) is 86.8 cm³/mol. The molecule has 5 nitrogen and oxygen atoms in total. The van der Waals surface area contributed by atoms with E-state index in [0.29, 0.717) is 12.5 Å². The van der Waals surface area contributed by atoms with Crippen molar-refractivity contribution in [2.24, 2.45) is 0 Å². The smallest absolute Gasteiger partial charge is 0.136 e. The summed E-state index contributed by atoms with van der Waals surface area (Å²) in [4.78, 5) is 9.19. The van der Waals surface area contributed by atoms with Crippen LogP contribution in [0, 0.1) is 0 Å². The highest BCUT2D eigenvalue weighted by molar-refractivity contribution is 5.48. The summed E-state index contributed by atoms with van der Waals surface area (Å²) in [7, 11) is 0. The minimum Gasteiger partial charge on any atom is -0.388 e. The first-order valence-corrected chi connectivity index (χ1v) is 8.19. The van der Waals surface area contributed by atoms with Crippen LogP contribution in [-0.2, 0) is 0 Å². The maximum Gasteiger partial charge on any atom is 0.136 e. The fourth-order valence-electron chi connectivity index (χ4n) is 2.18. The molecule has 1 saturated carbocycles. The first kappa shape index (κ1) is 16.0. The SMILES string of the molecule is CCCNc1cc(NCC(O)(CC)CC)nc(C2CC2)n1. The maximum atomic E-state index is 10.4. The van der Waals surface area contributed by atoms with E-state index in [9.17, 15) is 5.11 Å². The lowest BCUT2D eigenvalue weighted by atomic mass is 9.98. The molecule has 0 aromatic carbocycles. The summed E-state index contributed by atoms with van der Waals surface area (Å²) < 4.78 is 0. The Labute approximate surface area is 127 Å². The highest BCUT2D eigenvalue weighted by Gasteiger charge is 2.28. The van der Waals surface area contributed by atoms with Gasteiger partial charge in [-0.1, -0.05) is 20.8 Å². The topological polar surface area (TPSA) is 70.1 Å². The number of hydrogen-bond acceptors (Lipinski definition) is 5. The van der Waals surface area contributed by atoms with Crippen LogP contribution in [0.1, 0.15) is 64.6 Å². The third kappa shape index (κ3) is 4.56. The van der Waals surface area contributed by atoms with E-state index in [1.165, 1.54) is 12.8 Å². The van der Waals surface area contributed by atoms with Gasteiger partial charge < -0.3 is 15.7 Å². The molecule has 1 aliphatic rings. The zero-order valence-electron chi connectivity index (χ0n) is 13.4. The van der Waals surface area contributed by atoms with E-state index < -0.39 is 5.60 Å². The number of nitrogens with zero attached hydrogens (tertiary/aromatic N) is 2. The standard InChI is InChI=1S/C16H28N4O/c1-4-9-17-13-10-14(18-11-16(21,5-2)6-3)20-15(19-13)12-7-8-12/h10,12,21H,4-9,11H2,1-3H3,(H2,17,18,19,20). The van der Waals surface area contributed by atoms with Gasteiger partial charge in [-0.3, -0.25) is 0 Å². The molecular formula is C16H28N4O. The van der Waals surface area contributed by atoms with Gasteiger partial charge in [0.05, 0.1) is 5.60 Å². The molecule has 0 atom stereocenters. The summed E-state index contributed by atoms with van der Waals surface area (Å²) in [6.45, 7) is 7.59. The van der Waals surface area contributed by atoms with Crippen LogP contribution in [0.15, 0.2) is 6.07 Å². The second-order valence-electron chi connectivity index (χ2n) is 5.98. The van der Waals surface area contributed by atoms with Gasteiger partial charge in [0.2, 0.25) is 0 Å². The van der Waals surface area contributed by atoms with Gasteiger partial charge in [0.1, 0.15) is 17.5 Å². The van der Waals surface area contributed by atoms with E-state index in [1.807, 2.05) is 19.9 Å². The fraction of sp³-hybridized carbons (Fsp3) is 0.750. The summed E-state index contributed by atoms with van der Waals surface area (Å²) >= 11 is 0. The number of anilines is 2. The molecule has 0 bridgehead atoms. The molecule has 3 N–H and O–H groups in total. The molecule has 1 aromatic heterocycles. The van der Waals surface area contributed by atoms with E-state index >= 15 is 0 Å². The largest absolute Gasteiger partial charge is 0.388 e. The van der Waals surface area contributed by atoms with Crippen LogP contribution in [0.3, 0.4) is 0 Å². The van der Waals surface area contributed by atoms with Crippen molar-refractivity contribution in [1.82, 2.24) is 9.97 Å². The molecule has 0 unspecified atom stereocenters. The lowest BCUT2D eigenvalue weighted by molar-refractivity contribution is 0.0456. The Hall–Kier alpha value is -1.36. The predicted octanol–water partition coefficient (Wildman–Crippen LogP) is 3.14. The van der Waals surface area contributed by atoms with Gasteiger partial charge in [-0.05, 0) is 32.1 Å². The van der Waals surface area contributed by atoms with E-state index in [-0.39, 0.29) is 0 Å². The molecule has 5 heteroatoms. The maximum absolute atomic E-state index is 10.4. The number of aromatic nitrogens is 2. The molecular weight excluding hydrogens is 264 g/mol. The Morgan fingerprint density at radius 2 is 1.76 bits per heavy atom. The van der Waals surface area contributed by atoms with Gasteiger partial charge in [-0.15, -0.1) is 0 Å². The van der Waals surface area contributed by atoms with Gasteiger partial charge in [-0.25, -0.2) is 9.97 Å². The van der Waals surface area contributed by atoms with Crippen molar-refractivity contribution in [3.8, 4) is 0 Å². The van der Waals surface area contributed by atoms with Gasteiger partial charge in [-0.2, -0.15) is 0 Å². The van der Waals surface area contributed by atoms with Crippen molar-refractivity contribution in [2.75, 3.05) is 23.7 Å². The van der Waals surface area contributed by atoms with Gasteiger partial charge in [0, 0.05) is 25.1 Å². The van der Waals surface area contributed by atoms with Crippen LogP contribution in [-0.4, -0.2) is 33.8 Å². The lowest BCUT2D eigenvalue weighted by Crippen LogP contribution is -2.35. The van der Waals surface area contributed by atoms with Crippen LogP contribution >= 0.6 is 0 Å². The molecule has 2 rings (SSSR count). The van der Waals surface area contributed by atoms with E-state index in [2.05, 4.69) is 27.5 Å². The molecule has 1 aliphatic carbocycles. The molecule has 0 saturated heterocycles. The Kier molecular flexibility index (Phi) is 5.39. The summed E-state index contributed by atoms with van der Waals surface area (Å²) in [5.41, 5.74) is -0.665. The second kappa shape index (κ2) is 7.07. The Balaban J connectivity index is 2.08. The van der Waals surface area contributed by atoms with Crippen LogP contribution in [0.2, 0.25) is 0 Å². The molecule has 0 amide bonds. The zero-order chi connectivity index (χ0) is 15.3. The summed E-state index contributed by atoms with van der Waals surface area (Å²) in [5.74, 6) is 3.14. The average Bonchev–Trinajstić information content (AvgIpc) is 3.35. The molecule has 0 spiro atoms. The third-order valence-electron chi connectivity index (χ3n) is 4.16. The molecule has 0 aliphatic heterocycles. The highest BCUT2D eigenvalue weighted by Crippen LogP contribution is 2.38. The Morgan fingerprint density at radius 3 is 2.29 bits per heavy atom. The normalized spacial score (nSPS) is 15.0. The second-order valence-corrected chi connectivity index (χ2v) is 5.98. The monoisotopic (exact) mass is 292 g/mol. The fourth-order valence-corrected chi connectivity index (χ4v) is 2.18. The van der Waals surface area contributed by atoms with Crippen molar-refractivity contribution in [1.29, 1.82) is 0 Å². The first-order chi connectivity index (χ1) is 10.1. The number of aliphatic hydroxyl groups is 1. The van der Waals surface area contributed by atoms with E-state index in [1.54, 1.807) is 0 Å². The Morgan fingerprint density at radius 1 is 1.14 bits per heavy atom. The molecule has 21 heavy (non-hydrogen) atoms. The van der Waals surface area contributed by atoms with Crippen molar-refractivity contribution in [3.05, 3.63) is 11.9 Å². The molecule has 118 valence electrons. The summed E-state index contributed by atoms with van der Waals surface area (Å²) in [5, 5.41) is 17.0. The zero-order valence-corrected chi connectivity index (χ0v) is 13.4. The summed E-state index contributed by atoms with van der Waals surface area (Å²) in [6, 6.07) is 1.94. The Bertz CT molecular complexity index is 456. The molecule has 1 fully saturated rings. The van der Waals surface area contributed by atoms with Crippen molar-refractivity contribution < 1.29 is 5.11 Å². The highest BCUT2D eigenvalue weighted by atomic mass is 16.3. The van der Waals surface area contributed by atoms with Crippen LogP contribution in [0.25, 0.3) is 0 Å². The van der Waals surface area contributed by atoms with Gasteiger partial charge in [0.15, 0.2) is 0 Å².